The summed E-state index contributed by atoms with van der Waals surface area (Å²) in [6.45, 7) is 6.16. The Morgan fingerprint density at radius 1 is 1.00 bits per heavy atom. The first-order valence-electron chi connectivity index (χ1n) is 9.80. The third kappa shape index (κ3) is 4.12. The van der Waals surface area contributed by atoms with Crippen LogP contribution in [-0.2, 0) is 0 Å². The van der Waals surface area contributed by atoms with Crippen LogP contribution in [0.2, 0.25) is 0 Å². The topological polar surface area (TPSA) is 36.4 Å². The van der Waals surface area contributed by atoms with E-state index in [-0.39, 0.29) is 5.91 Å². The molecule has 0 aliphatic carbocycles. The number of nitrogens with zero attached hydrogens (tertiary/aromatic N) is 3. The molecule has 0 spiro atoms. The quantitative estimate of drug-likeness (QED) is 0.695. The number of rotatable bonds is 4. The number of aryl methyl sites for hydroxylation is 1. The number of benzene rings is 2. The summed E-state index contributed by atoms with van der Waals surface area (Å²) in [5, 5.41) is 0.936. The third-order valence-corrected chi connectivity index (χ3v) is 5.21. The van der Waals surface area contributed by atoms with Crippen LogP contribution in [0.15, 0.2) is 66.7 Å². The van der Waals surface area contributed by atoms with E-state index in [9.17, 15) is 4.79 Å². The molecule has 0 radical (unpaired) electrons. The van der Waals surface area contributed by atoms with Gasteiger partial charge in [0.05, 0.1) is 11.1 Å². The van der Waals surface area contributed by atoms with Gasteiger partial charge in [0.15, 0.2) is 0 Å². The molecule has 0 saturated carbocycles. The Labute approximate surface area is 166 Å². The van der Waals surface area contributed by atoms with E-state index in [0.717, 1.165) is 54.9 Å². The van der Waals surface area contributed by atoms with Gasteiger partial charge in [0, 0.05) is 43.8 Å². The largest absolute Gasteiger partial charge is 0.336 e. The average Bonchev–Trinajstić information content (AvgIpc) is 2.74. The second-order valence-electron chi connectivity index (χ2n) is 7.23. The van der Waals surface area contributed by atoms with Gasteiger partial charge in [0.2, 0.25) is 0 Å². The molecular formula is C24H25N3O. The molecule has 142 valence electrons. The monoisotopic (exact) mass is 371 g/mol. The van der Waals surface area contributed by atoms with E-state index in [4.69, 9.17) is 0 Å². The zero-order chi connectivity index (χ0) is 19.3. The Kier molecular flexibility index (Phi) is 5.49. The Morgan fingerprint density at radius 2 is 1.71 bits per heavy atom. The van der Waals surface area contributed by atoms with Crippen molar-refractivity contribution < 1.29 is 4.79 Å². The number of hydrogen-bond donors (Lipinski definition) is 0. The first-order valence-corrected chi connectivity index (χ1v) is 9.80. The normalized spacial score (nSPS) is 15.4. The summed E-state index contributed by atoms with van der Waals surface area (Å²) in [5.41, 5.74) is 3.75. The zero-order valence-electron chi connectivity index (χ0n) is 16.2. The van der Waals surface area contributed by atoms with Crippen LogP contribution in [0, 0.1) is 6.92 Å². The summed E-state index contributed by atoms with van der Waals surface area (Å²) in [4.78, 5) is 22.0. The number of piperazine rings is 1. The Hall–Kier alpha value is -2.98. The number of hydrogen-bond acceptors (Lipinski definition) is 3. The molecule has 0 bridgehead atoms. The lowest BCUT2D eigenvalue weighted by molar-refractivity contribution is 0.0652. The summed E-state index contributed by atoms with van der Waals surface area (Å²) in [6, 6.07) is 20.1. The van der Waals surface area contributed by atoms with Crippen LogP contribution >= 0.6 is 0 Å². The van der Waals surface area contributed by atoms with Crippen molar-refractivity contribution in [3.63, 3.8) is 0 Å². The van der Waals surface area contributed by atoms with Crippen LogP contribution in [0.25, 0.3) is 17.0 Å². The molecule has 1 aliphatic rings. The lowest BCUT2D eigenvalue weighted by atomic mass is 10.1. The molecule has 4 rings (SSSR count). The molecule has 3 aromatic rings. The van der Waals surface area contributed by atoms with E-state index in [1.165, 1.54) is 5.56 Å². The van der Waals surface area contributed by atoms with Gasteiger partial charge in [-0.2, -0.15) is 0 Å². The van der Waals surface area contributed by atoms with Crippen molar-refractivity contribution in [3.8, 4) is 0 Å². The molecule has 4 heteroatoms. The summed E-state index contributed by atoms with van der Waals surface area (Å²) < 4.78 is 0. The van der Waals surface area contributed by atoms with Crippen molar-refractivity contribution >= 4 is 22.9 Å². The molecule has 1 saturated heterocycles. The smallest absolute Gasteiger partial charge is 0.254 e. The summed E-state index contributed by atoms with van der Waals surface area (Å²) >= 11 is 0. The van der Waals surface area contributed by atoms with Gasteiger partial charge in [-0.25, -0.2) is 0 Å². The summed E-state index contributed by atoms with van der Waals surface area (Å²) in [7, 11) is 0. The molecule has 0 unspecified atom stereocenters. The standard InChI is InChI=1S/C24H25N3O/c1-19-18-22(21-11-5-6-12-23(21)25-19)24(28)27-16-14-26(15-17-27)13-7-10-20-8-3-2-4-9-20/h2-12,18H,13-17H2,1H3. The first kappa shape index (κ1) is 18.4. The molecular weight excluding hydrogens is 346 g/mol. The molecule has 1 aromatic heterocycles. The van der Waals surface area contributed by atoms with Crippen LogP contribution in [0.5, 0.6) is 0 Å². The Balaban J connectivity index is 1.39. The molecule has 1 amide bonds. The minimum absolute atomic E-state index is 0.112. The molecule has 4 nitrogen and oxygen atoms in total. The lowest BCUT2D eigenvalue weighted by Gasteiger charge is -2.34. The molecule has 1 aliphatic heterocycles. The Bertz CT molecular complexity index is 989. The van der Waals surface area contributed by atoms with Crippen molar-refractivity contribution in [1.82, 2.24) is 14.8 Å². The maximum Gasteiger partial charge on any atom is 0.254 e. The molecule has 28 heavy (non-hydrogen) atoms. The molecule has 2 heterocycles. The highest BCUT2D eigenvalue weighted by atomic mass is 16.2. The van der Waals surface area contributed by atoms with E-state index in [0.29, 0.717) is 0 Å². The van der Waals surface area contributed by atoms with Crippen molar-refractivity contribution in [2.24, 2.45) is 0 Å². The molecule has 0 atom stereocenters. The maximum absolute atomic E-state index is 13.1. The number of aromatic nitrogens is 1. The second-order valence-corrected chi connectivity index (χ2v) is 7.23. The lowest BCUT2D eigenvalue weighted by Crippen LogP contribution is -2.48. The predicted octanol–water partition coefficient (Wildman–Crippen LogP) is 4.01. The van der Waals surface area contributed by atoms with Crippen molar-refractivity contribution in [1.29, 1.82) is 0 Å². The highest BCUT2D eigenvalue weighted by molar-refractivity contribution is 6.06. The average molecular weight is 371 g/mol. The summed E-state index contributed by atoms with van der Waals surface area (Å²) in [5.74, 6) is 0.112. The molecule has 2 aromatic carbocycles. The van der Waals surface area contributed by atoms with Crippen molar-refractivity contribution in [2.75, 3.05) is 32.7 Å². The highest BCUT2D eigenvalue weighted by Gasteiger charge is 2.23. The number of carbonyl (C=O) groups excluding carboxylic acids is 1. The fraction of sp³-hybridized carbons (Fsp3) is 0.250. The van der Waals surface area contributed by atoms with Crippen LogP contribution < -0.4 is 0 Å². The summed E-state index contributed by atoms with van der Waals surface area (Å²) in [6.07, 6.45) is 4.36. The van der Waals surface area contributed by atoms with Gasteiger partial charge in [0.1, 0.15) is 0 Å². The van der Waals surface area contributed by atoms with E-state index < -0.39 is 0 Å². The number of amides is 1. The maximum atomic E-state index is 13.1. The number of fused-ring (bicyclic) bond motifs is 1. The van der Waals surface area contributed by atoms with Crippen LogP contribution in [0.3, 0.4) is 0 Å². The number of carbonyl (C=O) groups is 1. The molecule has 1 fully saturated rings. The van der Waals surface area contributed by atoms with Gasteiger partial charge in [-0.1, -0.05) is 60.7 Å². The van der Waals surface area contributed by atoms with Gasteiger partial charge in [0.25, 0.3) is 5.91 Å². The minimum Gasteiger partial charge on any atom is -0.336 e. The van der Waals surface area contributed by atoms with Crippen LogP contribution in [0.1, 0.15) is 21.6 Å². The van der Waals surface area contributed by atoms with E-state index in [1.807, 2.05) is 48.2 Å². The zero-order valence-corrected chi connectivity index (χ0v) is 16.2. The van der Waals surface area contributed by atoms with Gasteiger partial charge in [-0.15, -0.1) is 0 Å². The fourth-order valence-corrected chi connectivity index (χ4v) is 3.69. The van der Waals surface area contributed by atoms with E-state index in [1.54, 1.807) is 0 Å². The van der Waals surface area contributed by atoms with Crippen molar-refractivity contribution in [2.45, 2.75) is 6.92 Å². The van der Waals surface area contributed by atoms with Gasteiger partial charge in [-0.05, 0) is 24.6 Å². The predicted molar refractivity (Wildman–Crippen MR) is 114 cm³/mol. The second kappa shape index (κ2) is 8.36. The number of para-hydroxylation sites is 1. The van der Waals surface area contributed by atoms with E-state index in [2.05, 4.69) is 46.3 Å². The number of pyridine rings is 1. The van der Waals surface area contributed by atoms with Gasteiger partial charge in [-0.3, -0.25) is 14.7 Å². The SMILES string of the molecule is Cc1cc(C(=O)N2CCN(CC=Cc3ccccc3)CC2)c2ccccc2n1. The van der Waals surface area contributed by atoms with Crippen LogP contribution in [0.4, 0.5) is 0 Å². The highest BCUT2D eigenvalue weighted by Crippen LogP contribution is 2.20. The van der Waals surface area contributed by atoms with Gasteiger partial charge >= 0.3 is 0 Å². The third-order valence-electron chi connectivity index (χ3n) is 5.21. The first-order chi connectivity index (χ1) is 13.7. The van der Waals surface area contributed by atoms with E-state index >= 15 is 0 Å². The molecule has 0 N–H and O–H groups in total. The van der Waals surface area contributed by atoms with Crippen LogP contribution in [-0.4, -0.2) is 53.4 Å². The van der Waals surface area contributed by atoms with Gasteiger partial charge < -0.3 is 4.90 Å². The van der Waals surface area contributed by atoms with Crippen molar-refractivity contribution in [3.05, 3.63) is 83.6 Å². The Morgan fingerprint density at radius 3 is 2.50 bits per heavy atom. The minimum atomic E-state index is 0.112. The fourth-order valence-electron chi connectivity index (χ4n) is 3.69.